The van der Waals surface area contributed by atoms with E-state index in [4.69, 9.17) is 9.47 Å². The molecule has 1 aliphatic heterocycles. The second kappa shape index (κ2) is 19.2. The number of carboxylic acids is 1. The van der Waals surface area contributed by atoms with Crippen LogP contribution in [0.25, 0.3) is 0 Å². The third kappa shape index (κ3) is 10.2. The van der Waals surface area contributed by atoms with Crippen molar-refractivity contribution in [3.05, 3.63) is 35.9 Å². The highest BCUT2D eigenvalue weighted by atomic mass is 16.5. The lowest BCUT2D eigenvalue weighted by Crippen LogP contribution is -2.63. The molecule has 0 saturated carbocycles. The van der Waals surface area contributed by atoms with Crippen LogP contribution in [0.4, 0.5) is 0 Å². The Morgan fingerprint density at radius 1 is 1.06 bits per heavy atom. The van der Waals surface area contributed by atoms with Gasteiger partial charge in [-0.1, -0.05) is 78.3 Å². The van der Waals surface area contributed by atoms with Gasteiger partial charge in [0.1, 0.15) is 6.04 Å². The molecule has 3 N–H and O–H groups in total. The maximum Gasteiger partial charge on any atom is 0.326 e. The Morgan fingerprint density at radius 2 is 1.71 bits per heavy atom. The van der Waals surface area contributed by atoms with Gasteiger partial charge in [-0.25, -0.2) is 4.79 Å². The molecular formula is C37H62N4O7. The number of likely N-dealkylation sites (N-methyl/N-ethyl adjacent to an activating group) is 1. The Morgan fingerprint density at radius 3 is 2.23 bits per heavy atom. The number of carbonyl (C=O) groups excluding carboxylic acids is 3. The van der Waals surface area contributed by atoms with Crippen LogP contribution in [0, 0.1) is 17.8 Å². The summed E-state index contributed by atoms with van der Waals surface area (Å²) in [6.45, 7) is 15.2. The van der Waals surface area contributed by atoms with Gasteiger partial charge in [0.2, 0.25) is 17.7 Å². The lowest BCUT2D eigenvalue weighted by molar-refractivity contribution is -0.150. The summed E-state index contributed by atoms with van der Waals surface area (Å²) >= 11 is 0. The Hall–Kier alpha value is -3.02. The molecule has 11 heteroatoms. The van der Waals surface area contributed by atoms with Crippen LogP contribution < -0.4 is 10.6 Å². The van der Waals surface area contributed by atoms with Crippen molar-refractivity contribution < 1.29 is 33.8 Å². The SMILES string of the molecule is CCCN[C@](C)(C(=O)N(C)[C@@H]([C@@H](C)CC)[C@@H](CC(=O)N1CCC[C@H]1[C@H](OC)[C@@H](C)C(=O)N[C@@H](Cc1ccccc1)C(=O)O)OC)C(C)C. The van der Waals surface area contributed by atoms with E-state index < -0.39 is 41.6 Å². The van der Waals surface area contributed by atoms with Crippen molar-refractivity contribution in [3.8, 4) is 0 Å². The van der Waals surface area contributed by atoms with Crippen LogP contribution in [0.1, 0.15) is 86.1 Å². The zero-order valence-corrected chi connectivity index (χ0v) is 31.0. The highest BCUT2D eigenvalue weighted by molar-refractivity contribution is 5.87. The molecule has 0 bridgehead atoms. The summed E-state index contributed by atoms with van der Waals surface area (Å²) in [5.41, 5.74) is 0.0256. The summed E-state index contributed by atoms with van der Waals surface area (Å²) in [7, 11) is 4.92. The van der Waals surface area contributed by atoms with Crippen molar-refractivity contribution in [1.82, 2.24) is 20.4 Å². The molecule has 1 fully saturated rings. The number of benzene rings is 1. The predicted octanol–water partition coefficient (Wildman–Crippen LogP) is 4.13. The largest absolute Gasteiger partial charge is 0.480 e. The molecule has 0 aliphatic carbocycles. The van der Waals surface area contributed by atoms with E-state index >= 15 is 0 Å². The molecule has 1 saturated heterocycles. The van der Waals surface area contributed by atoms with Crippen molar-refractivity contribution in [2.75, 3.05) is 34.4 Å². The van der Waals surface area contributed by atoms with Crippen LogP contribution >= 0.6 is 0 Å². The molecule has 1 aliphatic rings. The Bertz CT molecular complexity index is 1180. The summed E-state index contributed by atoms with van der Waals surface area (Å²) in [5, 5.41) is 16.0. The predicted molar refractivity (Wildman–Crippen MR) is 187 cm³/mol. The normalized spacial score (nSPS) is 19.9. The monoisotopic (exact) mass is 674 g/mol. The number of nitrogens with one attached hydrogen (secondary N) is 2. The van der Waals surface area contributed by atoms with Crippen LogP contribution in [0.2, 0.25) is 0 Å². The molecule has 272 valence electrons. The van der Waals surface area contributed by atoms with E-state index in [1.54, 1.807) is 23.8 Å². The summed E-state index contributed by atoms with van der Waals surface area (Å²) < 4.78 is 11.9. The van der Waals surface area contributed by atoms with Gasteiger partial charge in [0.25, 0.3) is 0 Å². The van der Waals surface area contributed by atoms with Crippen LogP contribution in [-0.4, -0.2) is 109 Å². The molecule has 3 amide bonds. The van der Waals surface area contributed by atoms with Crippen molar-refractivity contribution in [2.24, 2.45) is 17.8 Å². The number of carbonyl (C=O) groups is 4. The molecule has 8 atom stereocenters. The zero-order chi connectivity index (χ0) is 36.2. The van der Waals surface area contributed by atoms with Gasteiger partial charge in [-0.15, -0.1) is 0 Å². The number of ether oxygens (including phenoxy) is 2. The molecule has 0 radical (unpaired) electrons. The van der Waals surface area contributed by atoms with Gasteiger partial charge in [0.15, 0.2) is 0 Å². The van der Waals surface area contributed by atoms with Crippen molar-refractivity contribution in [2.45, 2.75) is 123 Å². The summed E-state index contributed by atoms with van der Waals surface area (Å²) in [6, 6.07) is 7.33. The topological polar surface area (TPSA) is 138 Å². The fourth-order valence-electron chi connectivity index (χ4n) is 6.93. The molecule has 11 nitrogen and oxygen atoms in total. The minimum atomic E-state index is -1.12. The zero-order valence-electron chi connectivity index (χ0n) is 31.0. The first-order valence-electron chi connectivity index (χ1n) is 17.6. The first-order chi connectivity index (χ1) is 22.7. The van der Waals surface area contributed by atoms with E-state index in [0.717, 1.165) is 24.8 Å². The molecule has 1 heterocycles. The van der Waals surface area contributed by atoms with Crippen molar-refractivity contribution in [3.63, 3.8) is 0 Å². The average molecular weight is 675 g/mol. The first kappa shape index (κ1) is 41.2. The van der Waals surface area contributed by atoms with E-state index in [9.17, 15) is 24.3 Å². The van der Waals surface area contributed by atoms with Crippen LogP contribution in [0.3, 0.4) is 0 Å². The van der Waals surface area contributed by atoms with Crippen LogP contribution in [0.15, 0.2) is 30.3 Å². The van der Waals surface area contributed by atoms with E-state index in [-0.39, 0.29) is 48.6 Å². The number of methoxy groups -OCH3 is 2. The van der Waals surface area contributed by atoms with Gasteiger partial charge in [-0.2, -0.15) is 0 Å². The number of amides is 3. The maximum absolute atomic E-state index is 14.1. The minimum absolute atomic E-state index is 0.0315. The smallest absolute Gasteiger partial charge is 0.326 e. The fraction of sp³-hybridized carbons (Fsp3) is 0.730. The van der Waals surface area contributed by atoms with E-state index in [0.29, 0.717) is 19.5 Å². The molecule has 48 heavy (non-hydrogen) atoms. The summed E-state index contributed by atoms with van der Waals surface area (Å²) in [5.74, 6) is -2.34. The third-order valence-corrected chi connectivity index (χ3v) is 10.5. The highest BCUT2D eigenvalue weighted by Gasteiger charge is 2.45. The fourth-order valence-corrected chi connectivity index (χ4v) is 6.93. The van der Waals surface area contributed by atoms with Crippen molar-refractivity contribution in [1.29, 1.82) is 0 Å². The van der Waals surface area contributed by atoms with Crippen LogP contribution in [0.5, 0.6) is 0 Å². The molecule has 0 unspecified atom stereocenters. The van der Waals surface area contributed by atoms with E-state index in [1.165, 1.54) is 7.11 Å². The maximum atomic E-state index is 14.1. The summed E-state index contributed by atoms with van der Waals surface area (Å²) in [4.78, 5) is 57.2. The number of hydrogen-bond donors (Lipinski definition) is 3. The first-order valence-corrected chi connectivity index (χ1v) is 17.6. The van der Waals surface area contributed by atoms with Gasteiger partial charge < -0.3 is 35.0 Å². The lowest BCUT2D eigenvalue weighted by Gasteiger charge is -2.44. The van der Waals surface area contributed by atoms with Gasteiger partial charge in [-0.05, 0) is 50.1 Å². The van der Waals surface area contributed by atoms with Gasteiger partial charge >= 0.3 is 5.97 Å². The molecule has 1 aromatic carbocycles. The quantitative estimate of drug-likeness (QED) is 0.188. The van der Waals surface area contributed by atoms with E-state index in [1.807, 2.05) is 58.2 Å². The second-order valence-electron chi connectivity index (χ2n) is 13.9. The number of carboxylic acid groups (broad SMARTS) is 1. The molecule has 1 aromatic rings. The van der Waals surface area contributed by atoms with Gasteiger partial charge in [0, 0.05) is 34.2 Å². The number of nitrogens with zero attached hydrogens (tertiary/aromatic N) is 2. The Labute approximate surface area is 288 Å². The summed E-state index contributed by atoms with van der Waals surface area (Å²) in [6.07, 6.45) is 2.11. The number of hydrogen-bond acceptors (Lipinski definition) is 7. The van der Waals surface area contributed by atoms with Crippen molar-refractivity contribution >= 4 is 23.7 Å². The molecule has 0 aromatic heterocycles. The van der Waals surface area contributed by atoms with Gasteiger partial charge in [0.05, 0.1) is 42.2 Å². The molecular weight excluding hydrogens is 612 g/mol. The standard InChI is InChI=1S/C37H62N4O7/c1-11-20-38-37(7,24(3)4)36(46)40(8)32(25(5)12-2)30(47-9)23-31(42)41-21-16-19-29(41)33(48-10)26(6)34(43)39-28(35(44)45)22-27-17-14-13-15-18-27/h13-15,17-18,24-26,28-30,32-33,38H,11-12,16,19-23H2,1-10H3,(H,39,43)(H,44,45)/t25-,26+,28-,29-,30+,32-,33+,37-/m0/s1. The number of rotatable bonds is 20. The number of aliphatic carboxylic acids is 1. The minimum Gasteiger partial charge on any atom is -0.480 e. The number of likely N-dealkylation sites (tertiary alicyclic amines) is 1. The van der Waals surface area contributed by atoms with E-state index in [2.05, 4.69) is 31.4 Å². The average Bonchev–Trinajstić information content (AvgIpc) is 3.56. The lowest BCUT2D eigenvalue weighted by atomic mass is 9.84. The second-order valence-corrected chi connectivity index (χ2v) is 13.9. The van der Waals surface area contributed by atoms with Crippen LogP contribution in [-0.2, 0) is 35.1 Å². The Kier molecular flexibility index (Phi) is 16.5. The molecule has 0 spiro atoms. The highest BCUT2D eigenvalue weighted by Crippen LogP contribution is 2.30. The Balaban J connectivity index is 2.25. The van der Waals surface area contributed by atoms with Gasteiger partial charge in [-0.3, -0.25) is 14.4 Å². The third-order valence-electron chi connectivity index (χ3n) is 10.5. The molecule has 2 rings (SSSR count).